The Hall–Kier alpha value is -1.02. The summed E-state index contributed by atoms with van der Waals surface area (Å²) in [4.78, 5) is 5.16. The molecular weight excluding hydrogens is 244 g/mol. The Bertz CT molecular complexity index is 495. The van der Waals surface area contributed by atoms with Crippen LogP contribution in [0.1, 0.15) is 32.3 Å². The SMILES string of the molecule is CCN1C[C@H]2C[C@@]2(c2ccc(N3CCC(C)C3)cc2)C1. The first-order valence-corrected chi connectivity index (χ1v) is 8.29. The Kier molecular flexibility index (Phi) is 2.85. The van der Waals surface area contributed by atoms with Gasteiger partial charge >= 0.3 is 0 Å². The number of benzene rings is 1. The van der Waals surface area contributed by atoms with Crippen molar-refractivity contribution in [2.45, 2.75) is 32.1 Å². The number of fused-ring (bicyclic) bond motifs is 1. The highest BCUT2D eigenvalue weighted by Crippen LogP contribution is 2.59. The summed E-state index contributed by atoms with van der Waals surface area (Å²) in [7, 11) is 0. The number of anilines is 1. The largest absolute Gasteiger partial charge is 0.371 e. The van der Waals surface area contributed by atoms with Gasteiger partial charge in [-0.1, -0.05) is 26.0 Å². The molecule has 1 aliphatic carbocycles. The van der Waals surface area contributed by atoms with E-state index in [2.05, 4.69) is 47.9 Å². The molecule has 2 nitrogen and oxygen atoms in total. The Balaban J connectivity index is 1.51. The molecule has 0 spiro atoms. The van der Waals surface area contributed by atoms with Crippen LogP contribution in [-0.2, 0) is 5.41 Å². The zero-order valence-corrected chi connectivity index (χ0v) is 12.8. The standard InChI is InChI=1S/C18H26N2/c1-3-19-12-16-10-18(16,13-19)15-4-6-17(7-5-15)20-9-8-14(2)11-20/h4-7,14,16H,3,8-13H2,1-2H3/t14?,16-,18+/m1/s1. The van der Waals surface area contributed by atoms with Crippen molar-refractivity contribution < 1.29 is 0 Å². The van der Waals surface area contributed by atoms with E-state index in [1.807, 2.05) is 0 Å². The third-order valence-electron chi connectivity index (χ3n) is 5.89. The minimum atomic E-state index is 0.521. The van der Waals surface area contributed by atoms with Gasteiger partial charge in [-0.2, -0.15) is 0 Å². The van der Waals surface area contributed by atoms with Gasteiger partial charge in [0, 0.05) is 37.3 Å². The highest BCUT2D eigenvalue weighted by molar-refractivity contribution is 5.51. The predicted octanol–water partition coefficient (Wildman–Crippen LogP) is 3.13. The van der Waals surface area contributed by atoms with Crippen molar-refractivity contribution in [3.05, 3.63) is 29.8 Å². The second-order valence-corrected chi connectivity index (χ2v) is 7.27. The van der Waals surface area contributed by atoms with Crippen LogP contribution in [-0.4, -0.2) is 37.6 Å². The maximum Gasteiger partial charge on any atom is 0.0366 e. The summed E-state index contributed by atoms with van der Waals surface area (Å²) in [5, 5.41) is 0. The molecule has 0 radical (unpaired) electrons. The van der Waals surface area contributed by atoms with E-state index in [9.17, 15) is 0 Å². The third kappa shape index (κ3) is 1.88. The molecule has 0 bridgehead atoms. The molecule has 20 heavy (non-hydrogen) atoms. The molecule has 1 unspecified atom stereocenters. The molecule has 1 aromatic carbocycles. The highest BCUT2D eigenvalue weighted by atomic mass is 15.2. The molecule has 1 saturated carbocycles. The third-order valence-corrected chi connectivity index (χ3v) is 5.89. The molecule has 2 saturated heterocycles. The summed E-state index contributed by atoms with van der Waals surface area (Å²) in [6.45, 7) is 10.9. The highest BCUT2D eigenvalue weighted by Gasteiger charge is 2.60. The Labute approximate surface area is 122 Å². The van der Waals surface area contributed by atoms with Crippen LogP contribution in [0.15, 0.2) is 24.3 Å². The Morgan fingerprint density at radius 1 is 1.20 bits per heavy atom. The van der Waals surface area contributed by atoms with Crippen molar-refractivity contribution in [3.63, 3.8) is 0 Å². The number of hydrogen-bond acceptors (Lipinski definition) is 2. The lowest BCUT2D eigenvalue weighted by Crippen LogP contribution is -2.26. The van der Waals surface area contributed by atoms with Crippen LogP contribution >= 0.6 is 0 Å². The predicted molar refractivity (Wildman–Crippen MR) is 84.3 cm³/mol. The first kappa shape index (κ1) is 12.7. The summed E-state index contributed by atoms with van der Waals surface area (Å²) in [5.74, 6) is 1.79. The Morgan fingerprint density at radius 2 is 2.00 bits per heavy atom. The first-order valence-electron chi connectivity index (χ1n) is 8.29. The summed E-state index contributed by atoms with van der Waals surface area (Å²) in [6.07, 6.45) is 2.77. The molecule has 0 N–H and O–H groups in total. The second kappa shape index (κ2) is 4.49. The number of piperidine rings is 1. The number of likely N-dealkylation sites (N-methyl/N-ethyl adjacent to an activating group) is 1. The van der Waals surface area contributed by atoms with Gasteiger partial charge < -0.3 is 9.80 Å². The van der Waals surface area contributed by atoms with Gasteiger partial charge in [-0.25, -0.2) is 0 Å². The number of nitrogens with zero attached hydrogens (tertiary/aromatic N) is 2. The lowest BCUT2D eigenvalue weighted by Gasteiger charge is -2.21. The maximum atomic E-state index is 2.62. The lowest BCUT2D eigenvalue weighted by molar-refractivity contribution is 0.314. The van der Waals surface area contributed by atoms with Crippen LogP contribution in [0, 0.1) is 11.8 Å². The minimum Gasteiger partial charge on any atom is -0.371 e. The lowest BCUT2D eigenvalue weighted by atomic mass is 9.95. The number of rotatable bonds is 3. The van der Waals surface area contributed by atoms with Crippen molar-refractivity contribution in [2.24, 2.45) is 11.8 Å². The van der Waals surface area contributed by atoms with E-state index in [-0.39, 0.29) is 0 Å². The van der Waals surface area contributed by atoms with Crippen molar-refractivity contribution in [1.29, 1.82) is 0 Å². The molecule has 0 aromatic heterocycles. The Morgan fingerprint density at radius 3 is 2.60 bits per heavy atom. The monoisotopic (exact) mass is 270 g/mol. The van der Waals surface area contributed by atoms with E-state index in [0.29, 0.717) is 5.41 Å². The van der Waals surface area contributed by atoms with E-state index in [1.54, 1.807) is 5.56 Å². The molecule has 3 aliphatic rings. The van der Waals surface area contributed by atoms with Gasteiger partial charge in [0.15, 0.2) is 0 Å². The van der Waals surface area contributed by atoms with Crippen molar-refractivity contribution in [1.82, 2.24) is 4.90 Å². The van der Waals surface area contributed by atoms with Gasteiger partial charge in [0.25, 0.3) is 0 Å². The first-order chi connectivity index (χ1) is 9.71. The molecule has 3 atom stereocenters. The van der Waals surface area contributed by atoms with Gasteiger partial charge in [-0.3, -0.25) is 0 Å². The number of hydrogen-bond donors (Lipinski definition) is 0. The molecule has 1 aromatic rings. The van der Waals surface area contributed by atoms with E-state index < -0.39 is 0 Å². The van der Waals surface area contributed by atoms with Gasteiger partial charge in [0.05, 0.1) is 0 Å². The topological polar surface area (TPSA) is 6.48 Å². The molecule has 0 amide bonds. The summed E-state index contributed by atoms with van der Waals surface area (Å²) in [5.41, 5.74) is 3.54. The van der Waals surface area contributed by atoms with E-state index in [4.69, 9.17) is 0 Å². The average Bonchev–Trinajstić information content (AvgIpc) is 2.85. The van der Waals surface area contributed by atoms with Crippen LogP contribution < -0.4 is 4.90 Å². The average molecular weight is 270 g/mol. The number of likely N-dealkylation sites (tertiary alicyclic amines) is 1. The van der Waals surface area contributed by atoms with Crippen molar-refractivity contribution in [2.75, 3.05) is 37.6 Å². The normalized spacial score (nSPS) is 36.4. The summed E-state index contributed by atoms with van der Waals surface area (Å²) < 4.78 is 0. The molecule has 4 rings (SSSR count). The summed E-state index contributed by atoms with van der Waals surface area (Å²) >= 11 is 0. The quantitative estimate of drug-likeness (QED) is 0.832. The molecule has 2 heteroatoms. The van der Waals surface area contributed by atoms with Crippen molar-refractivity contribution >= 4 is 5.69 Å². The second-order valence-electron chi connectivity index (χ2n) is 7.27. The van der Waals surface area contributed by atoms with Gasteiger partial charge in [0.1, 0.15) is 0 Å². The minimum absolute atomic E-state index is 0.521. The van der Waals surface area contributed by atoms with Crippen LogP contribution in [0.5, 0.6) is 0 Å². The van der Waals surface area contributed by atoms with Gasteiger partial charge in [0.2, 0.25) is 0 Å². The van der Waals surface area contributed by atoms with Crippen LogP contribution in [0.2, 0.25) is 0 Å². The maximum absolute atomic E-state index is 2.62. The van der Waals surface area contributed by atoms with E-state index in [0.717, 1.165) is 11.8 Å². The summed E-state index contributed by atoms with van der Waals surface area (Å²) in [6, 6.07) is 9.56. The fourth-order valence-corrected chi connectivity index (χ4v) is 4.45. The zero-order valence-electron chi connectivity index (χ0n) is 12.8. The van der Waals surface area contributed by atoms with Crippen LogP contribution in [0.25, 0.3) is 0 Å². The van der Waals surface area contributed by atoms with E-state index in [1.165, 1.54) is 51.3 Å². The van der Waals surface area contributed by atoms with Crippen LogP contribution in [0.4, 0.5) is 5.69 Å². The van der Waals surface area contributed by atoms with Crippen molar-refractivity contribution in [3.8, 4) is 0 Å². The fourth-order valence-electron chi connectivity index (χ4n) is 4.45. The zero-order chi connectivity index (χ0) is 13.7. The van der Waals surface area contributed by atoms with E-state index >= 15 is 0 Å². The van der Waals surface area contributed by atoms with Gasteiger partial charge in [-0.15, -0.1) is 0 Å². The molecule has 2 aliphatic heterocycles. The van der Waals surface area contributed by atoms with Crippen LogP contribution in [0.3, 0.4) is 0 Å². The molecule has 3 fully saturated rings. The molecule has 108 valence electrons. The van der Waals surface area contributed by atoms with Gasteiger partial charge in [-0.05, 0) is 48.9 Å². The fraction of sp³-hybridized carbons (Fsp3) is 0.667. The molecular formula is C18H26N2. The molecule has 2 heterocycles. The smallest absolute Gasteiger partial charge is 0.0366 e.